The van der Waals surface area contributed by atoms with Crippen LogP contribution in [0.25, 0.3) is 0 Å². The van der Waals surface area contributed by atoms with E-state index < -0.39 is 0 Å². The van der Waals surface area contributed by atoms with Gasteiger partial charge in [-0.3, -0.25) is 15.1 Å². The lowest BCUT2D eigenvalue weighted by atomic mass is 10.1. The van der Waals surface area contributed by atoms with Gasteiger partial charge in [0.25, 0.3) is 0 Å². The monoisotopic (exact) mass is 203 g/mol. The van der Waals surface area contributed by atoms with Gasteiger partial charge in [0.1, 0.15) is 5.79 Å². The van der Waals surface area contributed by atoms with Crippen LogP contribution in [0.15, 0.2) is 0 Å². The second-order valence-corrected chi connectivity index (χ2v) is 4.19. The zero-order valence-electron chi connectivity index (χ0n) is 10.3. The van der Waals surface area contributed by atoms with Crippen LogP contribution in [0.3, 0.4) is 0 Å². The maximum Gasteiger partial charge on any atom is 0.127 e. The topological polar surface area (TPSA) is 38.7 Å². The molecule has 0 heterocycles. The summed E-state index contributed by atoms with van der Waals surface area (Å²) < 4.78 is 0. The molecule has 0 aromatic rings. The minimum absolute atomic E-state index is 0.0970. The highest BCUT2D eigenvalue weighted by atomic mass is 16.3. The summed E-state index contributed by atoms with van der Waals surface area (Å²) in [7, 11) is 8.17. The van der Waals surface area contributed by atoms with E-state index in [2.05, 4.69) is 22.0 Å². The van der Waals surface area contributed by atoms with E-state index in [4.69, 9.17) is 5.11 Å². The molecule has 0 aliphatic rings. The second-order valence-electron chi connectivity index (χ2n) is 4.19. The fourth-order valence-corrected chi connectivity index (χ4v) is 1.83. The molecule has 2 N–H and O–H groups in total. The molecule has 0 bridgehead atoms. The smallest absolute Gasteiger partial charge is 0.127 e. The highest BCUT2D eigenvalue weighted by molar-refractivity contribution is 4.83. The Balaban J connectivity index is 4.67. The lowest BCUT2D eigenvalue weighted by Gasteiger charge is -2.46. The Morgan fingerprint density at radius 2 is 1.64 bits per heavy atom. The summed E-state index contributed by atoms with van der Waals surface area (Å²) in [6.45, 7) is 4.28. The molecule has 0 fully saturated rings. The van der Waals surface area contributed by atoms with E-state index in [1.54, 1.807) is 0 Å². The van der Waals surface area contributed by atoms with E-state index in [9.17, 15) is 0 Å². The number of nitrogens with zero attached hydrogens (tertiary/aromatic N) is 2. The van der Waals surface area contributed by atoms with Crippen molar-refractivity contribution in [2.24, 2.45) is 0 Å². The van der Waals surface area contributed by atoms with Crippen molar-refractivity contribution in [1.29, 1.82) is 0 Å². The van der Waals surface area contributed by atoms with Crippen molar-refractivity contribution in [1.82, 2.24) is 15.1 Å². The van der Waals surface area contributed by atoms with E-state index in [0.717, 1.165) is 6.42 Å². The van der Waals surface area contributed by atoms with Crippen molar-refractivity contribution in [3.63, 3.8) is 0 Å². The van der Waals surface area contributed by atoms with Gasteiger partial charge in [0.2, 0.25) is 0 Å². The first-order chi connectivity index (χ1) is 6.40. The summed E-state index contributed by atoms with van der Waals surface area (Å²) >= 11 is 0. The van der Waals surface area contributed by atoms with Crippen LogP contribution in [-0.4, -0.2) is 61.5 Å². The van der Waals surface area contributed by atoms with Crippen LogP contribution in [0.5, 0.6) is 0 Å². The average molecular weight is 203 g/mol. The van der Waals surface area contributed by atoms with E-state index in [-0.39, 0.29) is 18.4 Å². The van der Waals surface area contributed by atoms with Crippen LogP contribution < -0.4 is 5.32 Å². The first-order valence-corrected chi connectivity index (χ1v) is 5.14. The van der Waals surface area contributed by atoms with Gasteiger partial charge in [0.15, 0.2) is 0 Å². The molecule has 86 valence electrons. The van der Waals surface area contributed by atoms with E-state index in [0.29, 0.717) is 0 Å². The molecule has 0 aromatic carbocycles. The van der Waals surface area contributed by atoms with Crippen LogP contribution in [-0.2, 0) is 0 Å². The normalized spacial score (nSPS) is 15.2. The Bertz CT molecular complexity index is 151. The van der Waals surface area contributed by atoms with Crippen LogP contribution in [0, 0.1) is 0 Å². The Labute approximate surface area is 87.9 Å². The molecule has 0 aliphatic heterocycles. The van der Waals surface area contributed by atoms with Crippen molar-refractivity contribution in [3.8, 4) is 0 Å². The molecule has 1 unspecified atom stereocenters. The molecule has 14 heavy (non-hydrogen) atoms. The number of nitrogens with one attached hydrogen (secondary N) is 1. The van der Waals surface area contributed by atoms with Crippen molar-refractivity contribution in [2.75, 3.05) is 34.8 Å². The first kappa shape index (κ1) is 13.8. The highest BCUT2D eigenvalue weighted by Gasteiger charge is 2.33. The Hall–Kier alpha value is -0.160. The second kappa shape index (κ2) is 5.66. The highest BCUT2D eigenvalue weighted by Crippen LogP contribution is 2.16. The third kappa shape index (κ3) is 2.92. The lowest BCUT2D eigenvalue weighted by molar-refractivity contribution is -0.0444. The van der Waals surface area contributed by atoms with Gasteiger partial charge in [-0.05, 0) is 41.5 Å². The van der Waals surface area contributed by atoms with Crippen molar-refractivity contribution >= 4 is 0 Å². The van der Waals surface area contributed by atoms with Gasteiger partial charge in [0.05, 0.1) is 6.61 Å². The van der Waals surface area contributed by atoms with Gasteiger partial charge >= 0.3 is 0 Å². The van der Waals surface area contributed by atoms with Gasteiger partial charge in [-0.15, -0.1) is 0 Å². The molecule has 0 amide bonds. The van der Waals surface area contributed by atoms with Crippen LogP contribution in [0.2, 0.25) is 0 Å². The van der Waals surface area contributed by atoms with Gasteiger partial charge in [-0.1, -0.05) is 6.92 Å². The summed E-state index contributed by atoms with van der Waals surface area (Å²) in [6, 6.07) is 0.0970. The number of hydrogen-bond acceptors (Lipinski definition) is 4. The maximum absolute atomic E-state index is 9.06. The minimum atomic E-state index is -0.178. The molecule has 4 heteroatoms. The van der Waals surface area contributed by atoms with Crippen molar-refractivity contribution < 1.29 is 5.11 Å². The number of rotatable bonds is 6. The predicted octanol–water partition coefficient (Wildman–Crippen LogP) is 0.144. The van der Waals surface area contributed by atoms with Crippen molar-refractivity contribution in [2.45, 2.75) is 32.1 Å². The molecule has 0 aliphatic carbocycles. The summed E-state index contributed by atoms with van der Waals surface area (Å²) in [6.07, 6.45) is 0.956. The molecule has 0 rings (SSSR count). The molecule has 0 aromatic heterocycles. The van der Waals surface area contributed by atoms with Gasteiger partial charge < -0.3 is 5.11 Å². The third-order valence-corrected chi connectivity index (χ3v) is 2.72. The zero-order valence-corrected chi connectivity index (χ0v) is 10.3. The fraction of sp³-hybridized carbons (Fsp3) is 1.00. The molecule has 0 spiro atoms. The zero-order chi connectivity index (χ0) is 11.4. The minimum Gasteiger partial charge on any atom is -0.395 e. The van der Waals surface area contributed by atoms with Crippen LogP contribution >= 0.6 is 0 Å². The van der Waals surface area contributed by atoms with Gasteiger partial charge in [-0.2, -0.15) is 0 Å². The molecule has 0 saturated carbocycles. The average Bonchev–Trinajstić information content (AvgIpc) is 2.12. The Morgan fingerprint density at radius 1 is 1.21 bits per heavy atom. The molecule has 4 nitrogen and oxygen atoms in total. The lowest BCUT2D eigenvalue weighted by Crippen LogP contribution is -2.66. The maximum atomic E-state index is 9.06. The summed E-state index contributed by atoms with van der Waals surface area (Å²) in [5, 5.41) is 12.5. The van der Waals surface area contributed by atoms with Crippen LogP contribution in [0.4, 0.5) is 0 Å². The standard InChI is InChI=1S/C10H25N3O/c1-7-10(12(3)4,13(5)6)11-9(2)8-14/h9,11,14H,7-8H2,1-6H3. The van der Waals surface area contributed by atoms with Crippen molar-refractivity contribution in [3.05, 3.63) is 0 Å². The summed E-state index contributed by atoms with van der Waals surface area (Å²) in [5.41, 5.74) is 0. The predicted molar refractivity (Wildman–Crippen MR) is 60.1 cm³/mol. The fourth-order valence-electron chi connectivity index (χ4n) is 1.83. The number of aliphatic hydroxyl groups excluding tert-OH is 1. The van der Waals surface area contributed by atoms with E-state index in [1.807, 2.05) is 35.1 Å². The molecule has 0 saturated heterocycles. The third-order valence-electron chi connectivity index (χ3n) is 2.72. The number of aliphatic hydroxyl groups is 1. The molecule has 0 radical (unpaired) electrons. The Kier molecular flexibility index (Phi) is 5.59. The Morgan fingerprint density at radius 3 is 1.86 bits per heavy atom. The van der Waals surface area contributed by atoms with Gasteiger partial charge in [0, 0.05) is 6.04 Å². The first-order valence-electron chi connectivity index (χ1n) is 5.14. The van der Waals surface area contributed by atoms with Crippen LogP contribution in [0.1, 0.15) is 20.3 Å². The summed E-state index contributed by atoms with van der Waals surface area (Å²) in [5.74, 6) is -0.178. The quantitative estimate of drug-likeness (QED) is 0.603. The number of hydrogen-bond donors (Lipinski definition) is 2. The van der Waals surface area contributed by atoms with E-state index in [1.165, 1.54) is 0 Å². The SMILES string of the molecule is CCC(NC(C)CO)(N(C)C)N(C)C. The molecular formula is C10H25N3O. The largest absolute Gasteiger partial charge is 0.395 e. The van der Waals surface area contributed by atoms with E-state index >= 15 is 0 Å². The molecule has 1 atom stereocenters. The van der Waals surface area contributed by atoms with Gasteiger partial charge in [-0.25, -0.2) is 0 Å². The molecular weight excluding hydrogens is 178 g/mol. The summed E-state index contributed by atoms with van der Waals surface area (Å²) in [4.78, 5) is 4.28.